The summed E-state index contributed by atoms with van der Waals surface area (Å²) in [5.41, 5.74) is 11.1. The predicted octanol–water partition coefficient (Wildman–Crippen LogP) is 0.368. The number of nitrogens with zero attached hydrogens (tertiary/aromatic N) is 3. The van der Waals surface area contributed by atoms with Gasteiger partial charge in [-0.1, -0.05) is 19.8 Å². The Morgan fingerprint density at radius 2 is 1.86 bits per heavy atom. The van der Waals surface area contributed by atoms with Gasteiger partial charge in [0.25, 0.3) is 0 Å². The van der Waals surface area contributed by atoms with Crippen molar-refractivity contribution in [2.24, 2.45) is 21.5 Å². The summed E-state index contributed by atoms with van der Waals surface area (Å²) in [7, 11) is 3.62. The van der Waals surface area contributed by atoms with Gasteiger partial charge in [0.1, 0.15) is 0 Å². The van der Waals surface area contributed by atoms with Crippen molar-refractivity contribution in [3.05, 3.63) is 0 Å². The quantitative estimate of drug-likeness (QED) is 0.390. The monoisotopic (exact) mass is 199 g/mol. The zero-order valence-electron chi connectivity index (χ0n) is 9.32. The molecule has 0 unspecified atom stereocenters. The summed E-state index contributed by atoms with van der Waals surface area (Å²) in [5, 5.41) is 0. The van der Waals surface area contributed by atoms with E-state index in [1.165, 1.54) is 12.8 Å². The van der Waals surface area contributed by atoms with Crippen molar-refractivity contribution >= 4 is 11.9 Å². The highest BCUT2D eigenvalue weighted by molar-refractivity contribution is 5.92. The van der Waals surface area contributed by atoms with Gasteiger partial charge in [0.15, 0.2) is 5.96 Å². The molecule has 0 atom stereocenters. The molecule has 0 aliphatic rings. The molecule has 0 aliphatic carbocycles. The number of nitrogens with two attached hydrogens (primary N) is 2. The molecular weight excluding hydrogens is 178 g/mol. The van der Waals surface area contributed by atoms with Gasteiger partial charge in [-0.25, -0.2) is 0 Å². The highest BCUT2D eigenvalue weighted by Gasteiger charge is 1.95. The van der Waals surface area contributed by atoms with Crippen molar-refractivity contribution in [2.45, 2.75) is 26.2 Å². The molecule has 0 heterocycles. The van der Waals surface area contributed by atoms with E-state index in [2.05, 4.69) is 16.9 Å². The van der Waals surface area contributed by atoms with Crippen LogP contribution in [-0.4, -0.2) is 37.5 Å². The van der Waals surface area contributed by atoms with Crippen LogP contribution in [0.3, 0.4) is 0 Å². The topological polar surface area (TPSA) is 80.0 Å². The molecule has 0 aromatic heterocycles. The number of aliphatic imine (C=N–C) groups is 2. The molecular formula is C9H21N5. The standard InChI is InChI=1S/C9H21N5/c1-4-5-6-7-12-8(10)13-9(11)14(2)3/h4-7H2,1-3H3,(H4,10,11,12,13). The lowest BCUT2D eigenvalue weighted by Gasteiger charge is -2.09. The zero-order valence-corrected chi connectivity index (χ0v) is 9.32. The van der Waals surface area contributed by atoms with Crippen LogP contribution < -0.4 is 11.5 Å². The smallest absolute Gasteiger partial charge is 0.218 e. The van der Waals surface area contributed by atoms with Crippen LogP contribution in [0.2, 0.25) is 0 Å². The highest BCUT2D eigenvalue weighted by atomic mass is 15.2. The first-order valence-electron chi connectivity index (χ1n) is 4.89. The Morgan fingerprint density at radius 1 is 1.21 bits per heavy atom. The van der Waals surface area contributed by atoms with E-state index in [-0.39, 0.29) is 5.96 Å². The van der Waals surface area contributed by atoms with Gasteiger partial charge in [-0.2, -0.15) is 4.99 Å². The van der Waals surface area contributed by atoms with Crippen molar-refractivity contribution in [1.29, 1.82) is 0 Å². The average Bonchev–Trinajstić information content (AvgIpc) is 2.12. The van der Waals surface area contributed by atoms with Crippen LogP contribution in [0.1, 0.15) is 26.2 Å². The molecule has 4 N–H and O–H groups in total. The molecule has 0 bridgehead atoms. The molecule has 0 aromatic carbocycles. The van der Waals surface area contributed by atoms with Gasteiger partial charge in [0.2, 0.25) is 5.96 Å². The second-order valence-corrected chi connectivity index (χ2v) is 3.31. The summed E-state index contributed by atoms with van der Waals surface area (Å²) >= 11 is 0. The van der Waals surface area contributed by atoms with Crippen LogP contribution >= 0.6 is 0 Å². The van der Waals surface area contributed by atoms with Gasteiger partial charge >= 0.3 is 0 Å². The minimum absolute atomic E-state index is 0.257. The van der Waals surface area contributed by atoms with E-state index in [4.69, 9.17) is 11.5 Å². The summed E-state index contributed by atoms with van der Waals surface area (Å²) in [6.45, 7) is 2.87. The fourth-order valence-corrected chi connectivity index (χ4v) is 0.808. The number of hydrogen-bond donors (Lipinski definition) is 2. The van der Waals surface area contributed by atoms with Crippen molar-refractivity contribution in [3.63, 3.8) is 0 Å². The van der Waals surface area contributed by atoms with Crippen LogP contribution in [0.25, 0.3) is 0 Å². The average molecular weight is 199 g/mol. The first-order valence-corrected chi connectivity index (χ1v) is 4.89. The van der Waals surface area contributed by atoms with Crippen LogP contribution in [0.15, 0.2) is 9.98 Å². The van der Waals surface area contributed by atoms with Crippen LogP contribution in [0.4, 0.5) is 0 Å². The number of rotatable bonds is 4. The van der Waals surface area contributed by atoms with Crippen molar-refractivity contribution in [3.8, 4) is 0 Å². The first kappa shape index (κ1) is 12.7. The Kier molecular flexibility index (Phi) is 6.53. The van der Waals surface area contributed by atoms with E-state index in [0.29, 0.717) is 5.96 Å². The minimum atomic E-state index is 0.257. The molecule has 0 rings (SSSR count). The molecule has 0 radical (unpaired) electrons. The van der Waals surface area contributed by atoms with Gasteiger partial charge in [0.05, 0.1) is 0 Å². The van der Waals surface area contributed by atoms with Crippen molar-refractivity contribution in [2.75, 3.05) is 20.6 Å². The van der Waals surface area contributed by atoms with Gasteiger partial charge in [-0.3, -0.25) is 4.99 Å². The maximum absolute atomic E-state index is 5.56. The van der Waals surface area contributed by atoms with Crippen molar-refractivity contribution < 1.29 is 0 Å². The fraction of sp³-hybridized carbons (Fsp3) is 0.778. The molecule has 0 spiro atoms. The van der Waals surface area contributed by atoms with E-state index in [0.717, 1.165) is 13.0 Å². The zero-order chi connectivity index (χ0) is 11.0. The van der Waals surface area contributed by atoms with Crippen LogP contribution in [-0.2, 0) is 0 Å². The summed E-state index contributed by atoms with van der Waals surface area (Å²) in [6.07, 6.45) is 3.40. The van der Waals surface area contributed by atoms with Gasteiger partial charge in [-0.05, 0) is 6.42 Å². The molecule has 0 saturated heterocycles. The molecule has 82 valence electrons. The Balaban J connectivity index is 3.93. The molecule has 0 aliphatic heterocycles. The molecule has 5 nitrogen and oxygen atoms in total. The Labute approximate surface area is 85.9 Å². The predicted molar refractivity (Wildman–Crippen MR) is 61.3 cm³/mol. The van der Waals surface area contributed by atoms with E-state index < -0.39 is 0 Å². The fourth-order valence-electron chi connectivity index (χ4n) is 0.808. The third kappa shape index (κ3) is 6.28. The molecule has 5 heteroatoms. The SMILES string of the molecule is CCCCCN=C(N)N=C(N)N(C)C. The van der Waals surface area contributed by atoms with E-state index >= 15 is 0 Å². The lowest BCUT2D eigenvalue weighted by atomic mass is 10.2. The maximum atomic E-state index is 5.56. The molecule has 0 fully saturated rings. The summed E-state index contributed by atoms with van der Waals surface area (Å²) in [6, 6.07) is 0. The highest BCUT2D eigenvalue weighted by Crippen LogP contribution is 1.93. The Hall–Kier alpha value is -1.26. The van der Waals surface area contributed by atoms with E-state index in [1.54, 1.807) is 4.90 Å². The molecule has 0 aromatic rings. The van der Waals surface area contributed by atoms with Gasteiger partial charge in [-0.15, -0.1) is 0 Å². The largest absolute Gasteiger partial charge is 0.369 e. The number of unbranched alkanes of at least 4 members (excludes halogenated alkanes) is 2. The van der Waals surface area contributed by atoms with Crippen LogP contribution in [0, 0.1) is 0 Å². The van der Waals surface area contributed by atoms with Crippen molar-refractivity contribution in [1.82, 2.24) is 4.90 Å². The van der Waals surface area contributed by atoms with Crippen LogP contribution in [0.5, 0.6) is 0 Å². The number of guanidine groups is 2. The Morgan fingerprint density at radius 3 is 2.36 bits per heavy atom. The molecule has 14 heavy (non-hydrogen) atoms. The first-order chi connectivity index (χ1) is 6.57. The van der Waals surface area contributed by atoms with Gasteiger partial charge in [0, 0.05) is 20.6 Å². The second kappa shape index (κ2) is 7.17. The second-order valence-electron chi connectivity index (χ2n) is 3.31. The summed E-state index contributed by atoms with van der Waals surface area (Å²) in [5.74, 6) is 0.633. The van der Waals surface area contributed by atoms with E-state index in [9.17, 15) is 0 Å². The number of hydrogen-bond acceptors (Lipinski definition) is 1. The third-order valence-electron chi connectivity index (χ3n) is 1.72. The summed E-state index contributed by atoms with van der Waals surface area (Å²) in [4.78, 5) is 9.70. The minimum Gasteiger partial charge on any atom is -0.369 e. The lowest BCUT2D eigenvalue weighted by molar-refractivity contribution is 0.615. The molecule has 0 amide bonds. The van der Waals surface area contributed by atoms with Gasteiger partial charge < -0.3 is 16.4 Å². The normalized spacial score (nSPS) is 13.1. The summed E-state index contributed by atoms with van der Waals surface area (Å²) < 4.78 is 0. The van der Waals surface area contributed by atoms with E-state index in [1.807, 2.05) is 14.1 Å². The maximum Gasteiger partial charge on any atom is 0.218 e. The molecule has 0 saturated carbocycles. The third-order valence-corrected chi connectivity index (χ3v) is 1.72. The lowest BCUT2D eigenvalue weighted by Crippen LogP contribution is -2.32. The Bertz CT molecular complexity index is 207.